The first kappa shape index (κ1) is 15.3. The van der Waals surface area contributed by atoms with Gasteiger partial charge in [0.15, 0.2) is 24.1 Å². The summed E-state index contributed by atoms with van der Waals surface area (Å²) in [5.41, 5.74) is 5.68. The number of aromatic nitrogens is 4. The van der Waals surface area contributed by atoms with E-state index in [9.17, 15) is 15.1 Å². The lowest BCUT2D eigenvalue weighted by Gasteiger charge is -2.21. The number of aliphatic hydroxyl groups excluding tert-OH is 1. The molecule has 2 fully saturated rings. The van der Waals surface area contributed by atoms with Gasteiger partial charge in [-0.2, -0.15) is 14.0 Å². The number of fused-ring (bicyclic) bond motifs is 2. The van der Waals surface area contributed by atoms with Gasteiger partial charge < -0.3 is 32.9 Å². The lowest BCUT2D eigenvalue weighted by atomic mass is 10.1. The van der Waals surface area contributed by atoms with Crippen LogP contribution < -0.4 is 10.8 Å². The third kappa shape index (κ3) is 2.34. The minimum Gasteiger partial charge on any atom is -0.857 e. The molecule has 0 spiro atoms. The van der Waals surface area contributed by atoms with Crippen LogP contribution >= 0.6 is 7.15 Å². The van der Waals surface area contributed by atoms with Crippen molar-refractivity contribution in [2.24, 2.45) is 0 Å². The molecular weight excluding hydrogens is 349 g/mol. The van der Waals surface area contributed by atoms with Gasteiger partial charge in [-0.15, -0.1) is 0 Å². The number of ether oxygens (including phenoxy) is 1. The van der Waals surface area contributed by atoms with Gasteiger partial charge in [-0.1, -0.05) is 0 Å². The third-order valence-electron chi connectivity index (χ3n) is 3.66. The van der Waals surface area contributed by atoms with Crippen LogP contribution in [0.15, 0.2) is 6.33 Å². The highest BCUT2D eigenvalue weighted by Gasteiger charge is 2.60. The number of anilines is 1. The molecule has 124 valence electrons. The van der Waals surface area contributed by atoms with Crippen LogP contribution in [-0.2, 0) is 26.0 Å². The van der Waals surface area contributed by atoms with Gasteiger partial charge in [-0.05, 0) is 0 Å². The Morgan fingerprint density at radius 3 is 2.87 bits per heavy atom. The second-order valence-electron chi connectivity index (χ2n) is 5.07. The number of hydrogen-bond donors (Lipinski definition) is 3. The fourth-order valence-electron chi connectivity index (χ4n) is 2.74. The molecule has 0 bridgehead atoms. The van der Waals surface area contributed by atoms with E-state index in [1.54, 1.807) is 0 Å². The summed E-state index contributed by atoms with van der Waals surface area (Å²) >= 11 is 4.85. The Labute approximate surface area is 134 Å². The molecule has 0 radical (unpaired) electrons. The molecule has 0 aliphatic carbocycles. The Morgan fingerprint density at radius 1 is 1.39 bits per heavy atom. The first-order valence-electron chi connectivity index (χ1n) is 6.52. The van der Waals surface area contributed by atoms with Gasteiger partial charge in [-0.3, -0.25) is 4.57 Å². The topological polar surface area (TPSA) is 161 Å². The van der Waals surface area contributed by atoms with Crippen LogP contribution in [0.5, 0.6) is 5.88 Å². The highest BCUT2D eigenvalue weighted by atomic mass is 32.7. The van der Waals surface area contributed by atoms with Crippen LogP contribution in [0.3, 0.4) is 0 Å². The predicted molar refractivity (Wildman–Crippen MR) is 76.4 cm³/mol. The highest BCUT2D eigenvalue weighted by molar-refractivity contribution is 8.35. The summed E-state index contributed by atoms with van der Waals surface area (Å²) < 4.78 is 17.8. The smallest absolute Gasteiger partial charge is 0.287 e. The Balaban J connectivity index is 1.79. The minimum absolute atomic E-state index is 0.0224. The Bertz CT molecular complexity index is 774. The van der Waals surface area contributed by atoms with Crippen LogP contribution in [0, 0.1) is 0 Å². The molecule has 0 saturated carbocycles. The summed E-state index contributed by atoms with van der Waals surface area (Å²) in [6.07, 6.45) is -1.77. The maximum Gasteiger partial charge on any atom is 0.287 e. The van der Waals surface area contributed by atoms with Crippen LogP contribution in [0.4, 0.5) is 5.95 Å². The molecule has 23 heavy (non-hydrogen) atoms. The van der Waals surface area contributed by atoms with Crippen molar-refractivity contribution in [3.8, 4) is 5.88 Å². The summed E-state index contributed by atoms with van der Waals surface area (Å²) in [5.74, 6) is -0.816. The van der Waals surface area contributed by atoms with Gasteiger partial charge in [0.1, 0.15) is 11.6 Å². The van der Waals surface area contributed by atoms with E-state index >= 15 is 0 Å². The number of rotatable bonds is 2. The van der Waals surface area contributed by atoms with Crippen LogP contribution in [0.2, 0.25) is 0 Å². The van der Waals surface area contributed by atoms with Crippen LogP contribution in [0.1, 0.15) is 6.23 Å². The summed E-state index contributed by atoms with van der Waals surface area (Å²) in [4.78, 5) is 21.3. The number of nitrogen functional groups attached to an aromatic ring is 1. The van der Waals surface area contributed by atoms with Crippen LogP contribution in [-0.4, -0.2) is 54.4 Å². The first-order valence-corrected chi connectivity index (χ1v) is 9.11. The lowest BCUT2D eigenvalue weighted by Crippen LogP contribution is -2.30. The average Bonchev–Trinajstić information content (AvgIpc) is 3.09. The Kier molecular flexibility index (Phi) is 3.39. The zero-order chi connectivity index (χ0) is 16.4. The summed E-state index contributed by atoms with van der Waals surface area (Å²) in [5, 5.41) is 21.2. The molecule has 0 aromatic carbocycles. The van der Waals surface area contributed by atoms with Crippen LogP contribution in [0.25, 0.3) is 11.2 Å². The summed E-state index contributed by atoms with van der Waals surface area (Å²) in [6, 6.07) is 0. The lowest BCUT2D eigenvalue weighted by molar-refractivity contribution is -0.272. The molecule has 2 aliphatic rings. The van der Waals surface area contributed by atoms with E-state index in [1.165, 1.54) is 10.9 Å². The Morgan fingerprint density at radius 2 is 2.13 bits per heavy atom. The first-order chi connectivity index (χ1) is 10.9. The van der Waals surface area contributed by atoms with Crippen molar-refractivity contribution in [3.63, 3.8) is 0 Å². The van der Waals surface area contributed by atoms with Gasteiger partial charge in [0.25, 0.3) is 7.15 Å². The largest absolute Gasteiger partial charge is 0.857 e. The van der Waals surface area contributed by atoms with Crippen molar-refractivity contribution in [1.82, 2.24) is 19.5 Å². The molecule has 2 aromatic rings. The number of nitrogens with two attached hydrogens (primary N) is 1. The Hall–Kier alpha value is -1.27. The highest BCUT2D eigenvalue weighted by Crippen LogP contribution is 2.65. The maximum absolute atomic E-state index is 11.8. The summed E-state index contributed by atoms with van der Waals surface area (Å²) in [7, 11) is -3.40. The van der Waals surface area contributed by atoms with Gasteiger partial charge in [-0.25, -0.2) is 14.9 Å². The zero-order valence-electron chi connectivity index (χ0n) is 11.3. The fourth-order valence-corrected chi connectivity index (χ4v) is 4.48. The van der Waals surface area contributed by atoms with Gasteiger partial charge in [0, 0.05) is 5.88 Å². The molecule has 11 nitrogen and oxygen atoms in total. The number of aliphatic hydroxyl groups is 1. The van der Waals surface area contributed by atoms with Crippen molar-refractivity contribution in [3.05, 3.63) is 6.33 Å². The van der Waals surface area contributed by atoms with Gasteiger partial charge in [0.2, 0.25) is 5.95 Å². The molecule has 0 amide bonds. The van der Waals surface area contributed by atoms with Crippen molar-refractivity contribution in [1.29, 1.82) is 0 Å². The van der Waals surface area contributed by atoms with Gasteiger partial charge >= 0.3 is 0 Å². The van der Waals surface area contributed by atoms with Crippen molar-refractivity contribution >= 4 is 36.5 Å². The van der Waals surface area contributed by atoms with Crippen molar-refractivity contribution in [2.75, 3.05) is 12.3 Å². The zero-order valence-corrected chi connectivity index (χ0v) is 13.1. The molecule has 4 heterocycles. The molecule has 4 rings (SSSR count). The molecule has 2 aliphatic heterocycles. The minimum atomic E-state index is -3.40. The average molecular weight is 360 g/mol. The third-order valence-corrected chi connectivity index (χ3v) is 5.19. The van der Waals surface area contributed by atoms with Crippen molar-refractivity contribution < 1.29 is 28.9 Å². The number of imidazole rings is 1. The van der Waals surface area contributed by atoms with E-state index in [0.717, 1.165) is 0 Å². The van der Waals surface area contributed by atoms with E-state index in [-0.39, 0.29) is 23.7 Å². The van der Waals surface area contributed by atoms with E-state index in [2.05, 4.69) is 15.0 Å². The number of nitrogens with zero attached hydrogens (tertiary/aromatic N) is 4. The molecule has 2 aromatic heterocycles. The molecule has 4 N–H and O–H groups in total. The standard InChI is InChI=1S/C10H12N5O6PS/c11-10-13-7-4(8(17)14-10)12-2-15(7)9-6-5(3(1-16)19-9)20-22(18,23)21-6/h2-3,5-6,9,16H,1H2,(H,18,23)(H3,11,13,14,17)/p-1/t3-,5-,6-,9-,22?/m1/s1. The molecule has 2 saturated heterocycles. The van der Waals surface area contributed by atoms with E-state index in [4.69, 9.17) is 31.8 Å². The fraction of sp³-hybridized carbons (Fsp3) is 0.500. The maximum atomic E-state index is 11.8. The monoisotopic (exact) mass is 360 g/mol. The predicted octanol–water partition coefficient (Wildman–Crippen LogP) is -1.63. The second kappa shape index (κ2) is 5.11. The normalized spacial score (nSPS) is 36.7. The van der Waals surface area contributed by atoms with Crippen molar-refractivity contribution in [2.45, 2.75) is 24.5 Å². The van der Waals surface area contributed by atoms with E-state index < -0.39 is 37.6 Å². The molecular formula is C10H11N5O6PS-. The van der Waals surface area contributed by atoms with E-state index in [1.807, 2.05) is 0 Å². The molecule has 5 atom stereocenters. The molecule has 1 unspecified atom stereocenters. The van der Waals surface area contributed by atoms with E-state index in [0.29, 0.717) is 0 Å². The second-order valence-corrected chi connectivity index (χ2v) is 7.81. The SMILES string of the molecule is Nc1nc([O-])c2ncn([C@@H]3O[C@H](CO)[C@H]4O[P+](O)([S-])O[C@H]43)c2n1. The molecule has 13 heteroatoms. The summed E-state index contributed by atoms with van der Waals surface area (Å²) in [6.45, 7) is -0.354. The van der Waals surface area contributed by atoms with Gasteiger partial charge in [0.05, 0.1) is 12.9 Å². The quantitative estimate of drug-likeness (QED) is 0.416. The number of hydrogen-bond acceptors (Lipinski definition) is 11.